The van der Waals surface area contributed by atoms with Crippen molar-refractivity contribution in [2.24, 2.45) is 29.1 Å². The van der Waals surface area contributed by atoms with Crippen LogP contribution in [0.4, 0.5) is 0 Å². The molecule has 0 heterocycles. The first-order valence-corrected chi connectivity index (χ1v) is 8.31. The van der Waals surface area contributed by atoms with Crippen molar-refractivity contribution in [1.29, 1.82) is 0 Å². The maximum atomic E-state index is 12.9. The van der Waals surface area contributed by atoms with Gasteiger partial charge in [0, 0.05) is 0 Å². The molecule has 124 valence electrons. The molecule has 0 amide bonds. The largest absolute Gasteiger partial charge is 0.463 e. The fraction of sp³-hybridized carbons (Fsp3) is 0.778. The summed E-state index contributed by atoms with van der Waals surface area (Å²) in [7, 11) is 0. The third-order valence-corrected chi connectivity index (χ3v) is 4.93. The maximum absolute atomic E-state index is 12.9. The van der Waals surface area contributed by atoms with E-state index in [0.717, 1.165) is 6.42 Å². The lowest BCUT2D eigenvalue weighted by Gasteiger charge is -2.42. The topological polar surface area (TPSA) is 52.6 Å². The van der Waals surface area contributed by atoms with Gasteiger partial charge in [0.05, 0.1) is 23.5 Å². The Morgan fingerprint density at radius 1 is 1.00 bits per heavy atom. The van der Waals surface area contributed by atoms with E-state index in [2.05, 4.69) is 12.2 Å². The van der Waals surface area contributed by atoms with E-state index in [9.17, 15) is 9.59 Å². The predicted molar refractivity (Wildman–Crippen MR) is 84.0 cm³/mol. The molecule has 0 N–H and O–H groups in total. The Morgan fingerprint density at radius 3 is 2.09 bits per heavy atom. The van der Waals surface area contributed by atoms with Gasteiger partial charge in [0.25, 0.3) is 0 Å². The molecule has 22 heavy (non-hydrogen) atoms. The van der Waals surface area contributed by atoms with Crippen molar-refractivity contribution < 1.29 is 19.1 Å². The van der Waals surface area contributed by atoms with Crippen LogP contribution in [0, 0.1) is 29.1 Å². The Hall–Kier alpha value is -1.32. The van der Waals surface area contributed by atoms with Crippen molar-refractivity contribution in [2.75, 3.05) is 0 Å². The molecular weight excluding hydrogens is 280 g/mol. The number of ether oxygens (including phenoxy) is 2. The average Bonchev–Trinajstić information content (AvgIpc) is 2.94. The SMILES string of the molecule is CC(C)OC(=O)C1C2C=CC(C2)C1(C(=O)OC(C)C)C(C)C. The number of hydrogen-bond donors (Lipinski definition) is 0. The monoisotopic (exact) mass is 308 g/mol. The summed E-state index contributed by atoms with van der Waals surface area (Å²) in [6.45, 7) is 11.4. The van der Waals surface area contributed by atoms with Crippen LogP contribution in [0.2, 0.25) is 0 Å². The summed E-state index contributed by atoms with van der Waals surface area (Å²) in [6, 6.07) is 0. The summed E-state index contributed by atoms with van der Waals surface area (Å²) in [5.74, 6) is -0.785. The van der Waals surface area contributed by atoms with Gasteiger partial charge in [-0.3, -0.25) is 9.59 Å². The lowest BCUT2D eigenvalue weighted by atomic mass is 9.62. The molecule has 0 aromatic carbocycles. The number of allylic oxidation sites excluding steroid dienone is 2. The zero-order chi connectivity index (χ0) is 16.7. The zero-order valence-electron chi connectivity index (χ0n) is 14.5. The molecule has 4 atom stereocenters. The van der Waals surface area contributed by atoms with Crippen LogP contribution in [-0.2, 0) is 19.1 Å². The average molecular weight is 308 g/mol. The van der Waals surface area contributed by atoms with Crippen molar-refractivity contribution >= 4 is 11.9 Å². The number of carbonyl (C=O) groups excluding carboxylic acids is 2. The first-order chi connectivity index (χ1) is 10.2. The molecule has 0 aromatic rings. The summed E-state index contributed by atoms with van der Waals surface area (Å²) in [6.07, 6.45) is 4.63. The smallest absolute Gasteiger partial charge is 0.314 e. The molecule has 2 rings (SSSR count). The van der Waals surface area contributed by atoms with Gasteiger partial charge in [-0.2, -0.15) is 0 Å². The lowest BCUT2D eigenvalue weighted by molar-refractivity contribution is -0.179. The highest BCUT2D eigenvalue weighted by molar-refractivity contribution is 5.88. The van der Waals surface area contributed by atoms with Gasteiger partial charge in [-0.15, -0.1) is 0 Å². The van der Waals surface area contributed by atoms with Crippen LogP contribution in [0.3, 0.4) is 0 Å². The second kappa shape index (κ2) is 6.05. The van der Waals surface area contributed by atoms with E-state index in [1.165, 1.54) is 0 Å². The Balaban J connectivity index is 2.42. The van der Waals surface area contributed by atoms with Crippen molar-refractivity contribution in [3.8, 4) is 0 Å². The van der Waals surface area contributed by atoms with E-state index < -0.39 is 11.3 Å². The summed E-state index contributed by atoms with van der Waals surface area (Å²) in [5, 5.41) is 0. The van der Waals surface area contributed by atoms with E-state index in [-0.39, 0.29) is 41.9 Å². The fourth-order valence-corrected chi connectivity index (χ4v) is 4.21. The van der Waals surface area contributed by atoms with Crippen molar-refractivity contribution in [3.63, 3.8) is 0 Å². The first-order valence-electron chi connectivity index (χ1n) is 8.31. The lowest BCUT2D eigenvalue weighted by Crippen LogP contribution is -2.51. The third kappa shape index (κ3) is 2.57. The molecule has 0 aliphatic heterocycles. The Labute approximate surface area is 133 Å². The van der Waals surface area contributed by atoms with Crippen LogP contribution < -0.4 is 0 Å². The minimum Gasteiger partial charge on any atom is -0.463 e. The van der Waals surface area contributed by atoms with Crippen LogP contribution >= 0.6 is 0 Å². The second-order valence-corrected chi connectivity index (χ2v) is 7.40. The summed E-state index contributed by atoms with van der Waals surface area (Å²) in [5.41, 5.74) is -0.796. The first kappa shape index (κ1) is 17.0. The van der Waals surface area contributed by atoms with Gasteiger partial charge in [-0.1, -0.05) is 26.0 Å². The summed E-state index contributed by atoms with van der Waals surface area (Å²) in [4.78, 5) is 25.6. The fourth-order valence-electron chi connectivity index (χ4n) is 4.21. The molecular formula is C18H28O4. The van der Waals surface area contributed by atoms with Gasteiger partial charge >= 0.3 is 11.9 Å². The number of carbonyl (C=O) groups is 2. The highest BCUT2D eigenvalue weighted by Crippen LogP contribution is 2.60. The minimum atomic E-state index is -0.796. The number of esters is 2. The number of rotatable bonds is 5. The van der Waals surface area contributed by atoms with Crippen LogP contribution in [-0.4, -0.2) is 24.1 Å². The van der Waals surface area contributed by atoms with Gasteiger partial charge in [0.15, 0.2) is 0 Å². The highest BCUT2D eigenvalue weighted by atomic mass is 16.6. The van der Waals surface area contributed by atoms with Crippen LogP contribution in [0.5, 0.6) is 0 Å². The van der Waals surface area contributed by atoms with E-state index in [1.54, 1.807) is 0 Å². The normalized spacial score (nSPS) is 33.0. The number of hydrogen-bond acceptors (Lipinski definition) is 4. The molecule has 2 bridgehead atoms. The van der Waals surface area contributed by atoms with Crippen LogP contribution in [0.1, 0.15) is 48.0 Å². The van der Waals surface area contributed by atoms with E-state index >= 15 is 0 Å². The molecule has 0 aromatic heterocycles. The van der Waals surface area contributed by atoms with Crippen molar-refractivity contribution in [1.82, 2.24) is 0 Å². The Morgan fingerprint density at radius 2 is 1.59 bits per heavy atom. The van der Waals surface area contributed by atoms with Gasteiger partial charge in [0.2, 0.25) is 0 Å². The van der Waals surface area contributed by atoms with E-state index in [4.69, 9.17) is 9.47 Å². The zero-order valence-corrected chi connectivity index (χ0v) is 14.5. The highest BCUT2D eigenvalue weighted by Gasteiger charge is 2.66. The molecule has 0 saturated heterocycles. The summed E-state index contributed by atoms with van der Waals surface area (Å²) >= 11 is 0. The Kier molecular flexibility index (Phi) is 4.69. The maximum Gasteiger partial charge on any atom is 0.314 e. The number of fused-ring (bicyclic) bond motifs is 2. The third-order valence-electron chi connectivity index (χ3n) is 4.93. The molecule has 0 spiro atoms. The van der Waals surface area contributed by atoms with Crippen LogP contribution in [0.15, 0.2) is 12.2 Å². The van der Waals surface area contributed by atoms with Gasteiger partial charge < -0.3 is 9.47 Å². The quantitative estimate of drug-likeness (QED) is 0.577. The molecule has 4 heteroatoms. The molecule has 4 nitrogen and oxygen atoms in total. The van der Waals surface area contributed by atoms with Gasteiger partial charge in [-0.25, -0.2) is 0 Å². The van der Waals surface area contributed by atoms with Gasteiger partial charge in [0.1, 0.15) is 0 Å². The Bertz CT molecular complexity index is 477. The minimum absolute atomic E-state index is 0.0170. The van der Waals surface area contributed by atoms with Crippen molar-refractivity contribution in [2.45, 2.75) is 60.2 Å². The second-order valence-electron chi connectivity index (χ2n) is 7.40. The predicted octanol–water partition coefficient (Wildman–Crippen LogP) is 3.35. The molecule has 2 aliphatic rings. The molecule has 1 saturated carbocycles. The summed E-state index contributed by atoms with van der Waals surface area (Å²) < 4.78 is 11.0. The molecule has 1 fully saturated rings. The van der Waals surface area contributed by atoms with Crippen LogP contribution in [0.25, 0.3) is 0 Å². The molecule has 2 aliphatic carbocycles. The molecule has 4 unspecified atom stereocenters. The molecule has 0 radical (unpaired) electrons. The van der Waals surface area contributed by atoms with Gasteiger partial charge in [-0.05, 0) is 51.9 Å². The van der Waals surface area contributed by atoms with E-state index in [1.807, 2.05) is 41.5 Å². The van der Waals surface area contributed by atoms with E-state index in [0.29, 0.717) is 0 Å². The van der Waals surface area contributed by atoms with Crippen molar-refractivity contribution in [3.05, 3.63) is 12.2 Å². The standard InChI is InChI=1S/C18H28O4/c1-10(2)18(17(20)22-12(5)6)14-8-7-13(9-14)15(18)16(19)21-11(3)4/h7-8,10-15H,9H2,1-6H3.